The van der Waals surface area contributed by atoms with Gasteiger partial charge in [-0.2, -0.15) is 0 Å². The molecule has 1 aromatic rings. The van der Waals surface area contributed by atoms with Crippen molar-refractivity contribution in [3.63, 3.8) is 0 Å². The predicted molar refractivity (Wildman–Crippen MR) is 82.4 cm³/mol. The first-order valence-electron chi connectivity index (χ1n) is 6.86. The van der Waals surface area contributed by atoms with Crippen molar-refractivity contribution in [2.24, 2.45) is 11.1 Å². The summed E-state index contributed by atoms with van der Waals surface area (Å²) in [6, 6.07) is 7.20. The summed E-state index contributed by atoms with van der Waals surface area (Å²) in [6.45, 7) is 1.12. The lowest BCUT2D eigenvalue weighted by Gasteiger charge is -2.32. The van der Waals surface area contributed by atoms with Crippen molar-refractivity contribution < 1.29 is 13.2 Å². The number of carbonyl (C=O) groups is 1. The molecule has 1 saturated heterocycles. The summed E-state index contributed by atoms with van der Waals surface area (Å²) in [7, 11) is -3.49. The van der Waals surface area contributed by atoms with Crippen LogP contribution in [0.2, 0.25) is 5.02 Å². The van der Waals surface area contributed by atoms with E-state index >= 15 is 0 Å². The monoisotopic (exact) mass is 330 g/mol. The number of rotatable bonds is 4. The zero-order chi connectivity index (χ0) is 15.5. The number of piperidine rings is 1. The minimum atomic E-state index is -3.49. The second-order valence-electron chi connectivity index (χ2n) is 5.48. The molecule has 0 aliphatic carbocycles. The van der Waals surface area contributed by atoms with E-state index in [-0.39, 0.29) is 24.0 Å². The van der Waals surface area contributed by atoms with Crippen molar-refractivity contribution in [2.45, 2.75) is 19.3 Å². The van der Waals surface area contributed by atoms with Crippen LogP contribution in [0.25, 0.3) is 0 Å². The highest BCUT2D eigenvalue weighted by molar-refractivity contribution is 7.89. The lowest BCUT2D eigenvalue weighted by molar-refractivity contribution is -0.132. The third-order valence-electron chi connectivity index (χ3n) is 3.58. The molecule has 1 heterocycles. The Bertz CT molecular complexity index is 618. The minimum Gasteiger partial charge on any atom is -0.342 e. The highest BCUT2D eigenvalue weighted by Crippen LogP contribution is 2.19. The maximum atomic E-state index is 12.3. The van der Waals surface area contributed by atoms with Gasteiger partial charge < -0.3 is 4.90 Å². The molecule has 1 aliphatic heterocycles. The number of nitrogens with zero attached hydrogens (tertiary/aromatic N) is 1. The molecule has 116 valence electrons. The van der Waals surface area contributed by atoms with Crippen molar-refractivity contribution in [3.8, 4) is 0 Å². The Labute approximate surface area is 130 Å². The molecule has 21 heavy (non-hydrogen) atoms. The van der Waals surface area contributed by atoms with Gasteiger partial charge >= 0.3 is 0 Å². The largest absolute Gasteiger partial charge is 0.342 e. The number of amides is 1. The van der Waals surface area contributed by atoms with Crippen LogP contribution < -0.4 is 5.14 Å². The van der Waals surface area contributed by atoms with Gasteiger partial charge in [0.15, 0.2) is 0 Å². The number of sulfonamides is 1. The van der Waals surface area contributed by atoms with Gasteiger partial charge in [-0.15, -0.1) is 0 Å². The molecule has 0 radical (unpaired) electrons. The summed E-state index contributed by atoms with van der Waals surface area (Å²) in [5.74, 6) is -0.137. The first-order chi connectivity index (χ1) is 9.83. The number of likely N-dealkylation sites (tertiary alicyclic amines) is 1. The molecule has 5 nitrogen and oxygen atoms in total. The van der Waals surface area contributed by atoms with Crippen LogP contribution in [-0.4, -0.2) is 38.1 Å². The molecule has 2 rings (SSSR count). The summed E-state index contributed by atoms with van der Waals surface area (Å²) in [6.07, 6.45) is 1.88. The van der Waals surface area contributed by atoms with Crippen molar-refractivity contribution in [1.29, 1.82) is 0 Å². The molecule has 7 heteroatoms. The number of nitrogens with two attached hydrogens (primary N) is 1. The van der Waals surface area contributed by atoms with E-state index in [9.17, 15) is 13.2 Å². The standard InChI is InChI=1S/C14H19ClN2O3S/c15-13-5-1-3-11(7-13)8-14(18)17-6-2-4-12(9-17)10-21(16,19)20/h1,3,5,7,12H,2,4,6,8-10H2,(H2,16,19,20). The fraction of sp³-hybridized carbons (Fsp3) is 0.500. The van der Waals surface area contributed by atoms with Crippen molar-refractivity contribution in [1.82, 2.24) is 4.90 Å². The van der Waals surface area contributed by atoms with Crippen molar-refractivity contribution in [2.75, 3.05) is 18.8 Å². The Hall–Kier alpha value is -1.11. The number of halogens is 1. The molecule has 1 fully saturated rings. The highest BCUT2D eigenvalue weighted by atomic mass is 35.5. The molecule has 0 saturated carbocycles. The average molecular weight is 331 g/mol. The lowest BCUT2D eigenvalue weighted by Crippen LogP contribution is -2.43. The van der Waals surface area contributed by atoms with Gasteiger partial charge in [0.05, 0.1) is 12.2 Å². The summed E-state index contributed by atoms with van der Waals surface area (Å²) in [4.78, 5) is 14.0. The van der Waals surface area contributed by atoms with Crippen LogP contribution in [0.4, 0.5) is 0 Å². The van der Waals surface area contributed by atoms with Crippen LogP contribution in [0.15, 0.2) is 24.3 Å². The minimum absolute atomic E-state index is 0.00335. The Kier molecular flexibility index (Phi) is 5.24. The predicted octanol–water partition coefficient (Wildman–Crippen LogP) is 1.41. The number of hydrogen-bond acceptors (Lipinski definition) is 3. The molecule has 1 aromatic carbocycles. The van der Waals surface area contributed by atoms with Crippen LogP contribution in [0.1, 0.15) is 18.4 Å². The Morgan fingerprint density at radius 2 is 2.19 bits per heavy atom. The van der Waals surface area contributed by atoms with E-state index in [1.54, 1.807) is 17.0 Å². The van der Waals surface area contributed by atoms with Gasteiger partial charge in [0.1, 0.15) is 0 Å². The Balaban J connectivity index is 1.96. The quantitative estimate of drug-likeness (QED) is 0.906. The third kappa shape index (κ3) is 5.30. The summed E-state index contributed by atoms with van der Waals surface area (Å²) in [5.41, 5.74) is 0.862. The maximum Gasteiger partial charge on any atom is 0.226 e. The second kappa shape index (κ2) is 6.77. The van der Waals surface area contributed by atoms with E-state index < -0.39 is 10.0 Å². The molecule has 2 N–H and O–H groups in total. The normalized spacial score (nSPS) is 19.5. The van der Waals surface area contributed by atoms with Gasteiger partial charge in [0, 0.05) is 18.1 Å². The fourth-order valence-corrected chi connectivity index (χ4v) is 3.83. The smallest absolute Gasteiger partial charge is 0.226 e. The molecule has 0 spiro atoms. The molecule has 1 unspecified atom stereocenters. The Morgan fingerprint density at radius 3 is 2.86 bits per heavy atom. The van der Waals surface area contributed by atoms with E-state index in [1.807, 2.05) is 12.1 Å². The summed E-state index contributed by atoms with van der Waals surface area (Å²) in [5, 5.41) is 5.68. The van der Waals surface area contributed by atoms with Crippen LogP contribution >= 0.6 is 11.6 Å². The van der Waals surface area contributed by atoms with E-state index in [4.69, 9.17) is 16.7 Å². The lowest BCUT2D eigenvalue weighted by atomic mass is 9.99. The summed E-state index contributed by atoms with van der Waals surface area (Å²) >= 11 is 5.90. The molecule has 1 atom stereocenters. The highest BCUT2D eigenvalue weighted by Gasteiger charge is 2.26. The van der Waals surface area contributed by atoms with Gasteiger partial charge in [-0.25, -0.2) is 13.6 Å². The molecule has 1 aliphatic rings. The molecular formula is C14H19ClN2O3S. The van der Waals surface area contributed by atoms with Crippen LogP contribution in [0.3, 0.4) is 0 Å². The van der Waals surface area contributed by atoms with Gasteiger partial charge in [0.25, 0.3) is 0 Å². The van der Waals surface area contributed by atoms with Gasteiger partial charge in [0.2, 0.25) is 15.9 Å². The van der Waals surface area contributed by atoms with Crippen molar-refractivity contribution in [3.05, 3.63) is 34.9 Å². The van der Waals surface area contributed by atoms with E-state index in [0.717, 1.165) is 18.4 Å². The average Bonchev–Trinajstić information content (AvgIpc) is 2.37. The van der Waals surface area contributed by atoms with Crippen LogP contribution in [0.5, 0.6) is 0 Å². The SMILES string of the molecule is NS(=O)(=O)CC1CCCN(C(=O)Cc2cccc(Cl)c2)C1. The van der Waals surface area contributed by atoms with Crippen molar-refractivity contribution >= 4 is 27.5 Å². The number of benzene rings is 1. The zero-order valence-electron chi connectivity index (χ0n) is 11.7. The Morgan fingerprint density at radius 1 is 1.43 bits per heavy atom. The summed E-state index contributed by atoms with van der Waals surface area (Å²) < 4.78 is 22.3. The van der Waals surface area contributed by atoms with Crippen LogP contribution in [-0.2, 0) is 21.2 Å². The topological polar surface area (TPSA) is 80.5 Å². The van der Waals surface area contributed by atoms with E-state index in [2.05, 4.69) is 0 Å². The molecule has 1 amide bonds. The van der Waals surface area contributed by atoms with Gasteiger partial charge in [-0.1, -0.05) is 23.7 Å². The molecular weight excluding hydrogens is 312 g/mol. The number of primary sulfonamides is 1. The van der Waals surface area contributed by atoms with Gasteiger partial charge in [-0.05, 0) is 36.5 Å². The molecule has 0 bridgehead atoms. The second-order valence-corrected chi connectivity index (χ2v) is 7.58. The van der Waals surface area contributed by atoms with Crippen LogP contribution in [0, 0.1) is 5.92 Å². The third-order valence-corrected chi connectivity index (χ3v) is 4.76. The van der Waals surface area contributed by atoms with E-state index in [0.29, 0.717) is 18.1 Å². The maximum absolute atomic E-state index is 12.3. The first-order valence-corrected chi connectivity index (χ1v) is 8.95. The number of carbonyl (C=O) groups excluding carboxylic acids is 1. The fourth-order valence-electron chi connectivity index (χ4n) is 2.69. The van der Waals surface area contributed by atoms with Gasteiger partial charge in [-0.3, -0.25) is 4.79 Å². The first kappa shape index (κ1) is 16.3. The van der Waals surface area contributed by atoms with E-state index in [1.165, 1.54) is 0 Å². The zero-order valence-corrected chi connectivity index (χ0v) is 13.2. The number of hydrogen-bond donors (Lipinski definition) is 1. The molecule has 0 aromatic heterocycles.